The summed E-state index contributed by atoms with van der Waals surface area (Å²) in [6.45, 7) is 1.03. The van der Waals surface area contributed by atoms with Gasteiger partial charge in [-0.25, -0.2) is 4.79 Å². The molecule has 0 spiro atoms. The molecular weight excluding hydrogens is 364 g/mol. The molecule has 1 heterocycles. The Morgan fingerprint density at radius 1 is 0.963 bits per heavy atom. The zero-order chi connectivity index (χ0) is 18.6. The Hall–Kier alpha value is -2.98. The summed E-state index contributed by atoms with van der Waals surface area (Å²) in [4.78, 5) is 12.7. The highest BCUT2D eigenvalue weighted by Gasteiger charge is 2.18. The molecule has 27 heavy (non-hydrogen) atoms. The molecule has 3 aromatic carbocycles. The third-order valence-electron chi connectivity index (χ3n) is 4.26. The lowest BCUT2D eigenvalue weighted by atomic mass is 10.00. The zero-order valence-electron chi connectivity index (χ0n) is 14.5. The van der Waals surface area contributed by atoms with Gasteiger partial charge in [-0.3, -0.25) is 0 Å². The lowest BCUT2D eigenvalue weighted by Gasteiger charge is -2.20. The molecule has 0 saturated carbocycles. The monoisotopic (exact) mass is 380 g/mol. The number of ether oxygens (including phenoxy) is 3. The molecule has 0 atom stereocenters. The normalized spacial score (nSPS) is 12.5. The summed E-state index contributed by atoms with van der Waals surface area (Å²) in [6.07, 6.45) is 0. The highest BCUT2D eigenvalue weighted by Crippen LogP contribution is 2.38. The summed E-state index contributed by atoms with van der Waals surface area (Å²) in [5, 5.41) is 0.447. The van der Waals surface area contributed by atoms with Crippen LogP contribution in [0.4, 0.5) is 0 Å². The van der Waals surface area contributed by atoms with Gasteiger partial charge in [0, 0.05) is 0 Å². The molecule has 0 saturated heterocycles. The van der Waals surface area contributed by atoms with Gasteiger partial charge >= 0.3 is 5.97 Å². The molecule has 0 fully saturated rings. The second-order valence-corrected chi connectivity index (χ2v) is 6.50. The summed E-state index contributed by atoms with van der Waals surface area (Å²) in [5.41, 5.74) is 3.07. The third kappa shape index (κ3) is 3.76. The van der Waals surface area contributed by atoms with Crippen molar-refractivity contribution >= 4 is 17.6 Å². The Labute approximate surface area is 162 Å². The molecule has 1 aliphatic heterocycles. The van der Waals surface area contributed by atoms with E-state index >= 15 is 0 Å². The Kier molecular flexibility index (Phi) is 4.99. The molecule has 0 unspecified atom stereocenters. The van der Waals surface area contributed by atoms with Gasteiger partial charge in [-0.05, 0) is 34.9 Å². The first-order valence-corrected chi connectivity index (χ1v) is 9.00. The van der Waals surface area contributed by atoms with Crippen LogP contribution in [0.15, 0.2) is 66.7 Å². The van der Waals surface area contributed by atoms with Crippen molar-refractivity contribution in [1.82, 2.24) is 0 Å². The SMILES string of the molecule is O=C(OCc1cc(Cl)c2c(c1)OCCO2)c1ccccc1-c1ccccc1. The highest BCUT2D eigenvalue weighted by molar-refractivity contribution is 6.32. The molecule has 5 heteroatoms. The van der Waals surface area contributed by atoms with Gasteiger partial charge in [0.2, 0.25) is 0 Å². The second-order valence-electron chi connectivity index (χ2n) is 6.09. The van der Waals surface area contributed by atoms with Crippen LogP contribution in [0.1, 0.15) is 15.9 Å². The molecule has 0 aliphatic carbocycles. The average Bonchev–Trinajstić information content (AvgIpc) is 2.73. The van der Waals surface area contributed by atoms with Gasteiger partial charge in [0.25, 0.3) is 0 Å². The molecule has 0 amide bonds. The molecule has 0 N–H and O–H groups in total. The molecule has 4 nitrogen and oxygen atoms in total. The summed E-state index contributed by atoms with van der Waals surface area (Å²) >= 11 is 6.24. The van der Waals surface area contributed by atoms with Crippen molar-refractivity contribution in [3.8, 4) is 22.6 Å². The Bertz CT molecular complexity index is 969. The van der Waals surface area contributed by atoms with Crippen molar-refractivity contribution in [2.45, 2.75) is 6.61 Å². The Balaban J connectivity index is 1.54. The van der Waals surface area contributed by atoms with Gasteiger partial charge in [0.05, 0.1) is 10.6 Å². The van der Waals surface area contributed by atoms with E-state index in [1.54, 1.807) is 18.2 Å². The van der Waals surface area contributed by atoms with E-state index in [-0.39, 0.29) is 12.6 Å². The lowest BCUT2D eigenvalue weighted by molar-refractivity contribution is 0.0473. The fraction of sp³-hybridized carbons (Fsp3) is 0.136. The number of hydrogen-bond acceptors (Lipinski definition) is 4. The van der Waals surface area contributed by atoms with E-state index in [1.807, 2.05) is 48.5 Å². The molecular formula is C22H17ClO4. The maximum atomic E-state index is 12.7. The van der Waals surface area contributed by atoms with Gasteiger partial charge < -0.3 is 14.2 Å². The largest absolute Gasteiger partial charge is 0.486 e. The van der Waals surface area contributed by atoms with Crippen LogP contribution < -0.4 is 9.47 Å². The van der Waals surface area contributed by atoms with Crippen LogP contribution in [-0.2, 0) is 11.3 Å². The van der Waals surface area contributed by atoms with Crippen LogP contribution in [0.25, 0.3) is 11.1 Å². The van der Waals surface area contributed by atoms with Crippen LogP contribution in [-0.4, -0.2) is 19.2 Å². The standard InChI is InChI=1S/C22H17ClO4/c23-19-12-15(13-20-21(19)26-11-10-25-20)14-27-22(24)18-9-5-4-8-17(18)16-6-2-1-3-7-16/h1-9,12-13H,10-11,14H2. The van der Waals surface area contributed by atoms with Gasteiger partial charge in [-0.15, -0.1) is 0 Å². The van der Waals surface area contributed by atoms with Crippen molar-refractivity contribution in [2.75, 3.05) is 13.2 Å². The van der Waals surface area contributed by atoms with Crippen molar-refractivity contribution in [3.05, 3.63) is 82.9 Å². The minimum Gasteiger partial charge on any atom is -0.486 e. The predicted molar refractivity (Wildman–Crippen MR) is 103 cm³/mol. The fourth-order valence-corrected chi connectivity index (χ4v) is 3.29. The van der Waals surface area contributed by atoms with Crippen LogP contribution in [0, 0.1) is 0 Å². The Morgan fingerprint density at radius 2 is 1.70 bits per heavy atom. The van der Waals surface area contributed by atoms with E-state index in [0.29, 0.717) is 35.3 Å². The molecule has 4 rings (SSSR count). The molecule has 0 aromatic heterocycles. The highest BCUT2D eigenvalue weighted by atomic mass is 35.5. The van der Waals surface area contributed by atoms with Crippen molar-refractivity contribution in [1.29, 1.82) is 0 Å². The van der Waals surface area contributed by atoms with Gasteiger partial charge in [-0.2, -0.15) is 0 Å². The van der Waals surface area contributed by atoms with E-state index in [9.17, 15) is 4.79 Å². The summed E-state index contributed by atoms with van der Waals surface area (Å²) in [5.74, 6) is 0.720. The number of hydrogen-bond donors (Lipinski definition) is 0. The molecule has 0 radical (unpaired) electrons. The van der Waals surface area contributed by atoms with Crippen molar-refractivity contribution < 1.29 is 19.0 Å². The lowest BCUT2D eigenvalue weighted by Crippen LogP contribution is -2.16. The zero-order valence-corrected chi connectivity index (χ0v) is 15.2. The van der Waals surface area contributed by atoms with E-state index in [2.05, 4.69) is 0 Å². The second kappa shape index (κ2) is 7.72. The maximum Gasteiger partial charge on any atom is 0.339 e. The van der Waals surface area contributed by atoms with E-state index in [0.717, 1.165) is 16.7 Å². The molecule has 1 aliphatic rings. The average molecular weight is 381 g/mol. The van der Waals surface area contributed by atoms with E-state index in [4.69, 9.17) is 25.8 Å². The smallest absolute Gasteiger partial charge is 0.339 e. The third-order valence-corrected chi connectivity index (χ3v) is 4.54. The number of fused-ring (bicyclic) bond motifs is 1. The van der Waals surface area contributed by atoms with E-state index < -0.39 is 0 Å². The Morgan fingerprint density at radius 3 is 2.56 bits per heavy atom. The summed E-state index contributed by atoms with van der Waals surface area (Å²) in [7, 11) is 0. The number of halogens is 1. The van der Waals surface area contributed by atoms with Crippen molar-refractivity contribution in [3.63, 3.8) is 0 Å². The van der Waals surface area contributed by atoms with Gasteiger partial charge in [0.1, 0.15) is 19.8 Å². The summed E-state index contributed by atoms with van der Waals surface area (Å²) < 4.78 is 16.6. The van der Waals surface area contributed by atoms with Crippen LogP contribution in [0.2, 0.25) is 5.02 Å². The van der Waals surface area contributed by atoms with Gasteiger partial charge in [0.15, 0.2) is 11.5 Å². The quantitative estimate of drug-likeness (QED) is 0.588. The van der Waals surface area contributed by atoms with Crippen LogP contribution in [0.3, 0.4) is 0 Å². The minimum atomic E-state index is -0.388. The number of rotatable bonds is 4. The summed E-state index contributed by atoms with van der Waals surface area (Å²) in [6, 6.07) is 20.7. The number of carbonyl (C=O) groups excluding carboxylic acids is 1. The maximum absolute atomic E-state index is 12.7. The first-order valence-electron chi connectivity index (χ1n) is 8.62. The van der Waals surface area contributed by atoms with Crippen LogP contribution in [0.5, 0.6) is 11.5 Å². The van der Waals surface area contributed by atoms with E-state index in [1.165, 1.54) is 0 Å². The topological polar surface area (TPSA) is 44.8 Å². The first kappa shape index (κ1) is 17.4. The fourth-order valence-electron chi connectivity index (χ4n) is 3.00. The number of carbonyl (C=O) groups is 1. The molecule has 3 aromatic rings. The van der Waals surface area contributed by atoms with Crippen LogP contribution >= 0.6 is 11.6 Å². The number of benzene rings is 3. The number of esters is 1. The predicted octanol–water partition coefficient (Wildman–Crippen LogP) is 5.14. The first-order chi connectivity index (χ1) is 13.2. The van der Waals surface area contributed by atoms with Crippen molar-refractivity contribution in [2.24, 2.45) is 0 Å². The molecule has 136 valence electrons. The van der Waals surface area contributed by atoms with Gasteiger partial charge in [-0.1, -0.05) is 60.1 Å². The minimum absolute atomic E-state index is 0.0956. The molecule has 0 bridgehead atoms.